The minimum Gasteiger partial charge on any atom is -0.378 e. The number of nitrogens with zero attached hydrogens (tertiary/aromatic N) is 3. The molecule has 0 N–H and O–H groups in total. The molecule has 3 fully saturated rings. The third kappa shape index (κ3) is 3.34. The predicted molar refractivity (Wildman–Crippen MR) is 96.4 cm³/mol. The molecule has 4 rings (SSSR count). The lowest BCUT2D eigenvalue weighted by molar-refractivity contribution is -0.145. The van der Waals surface area contributed by atoms with Crippen molar-refractivity contribution in [2.24, 2.45) is 11.3 Å². The first kappa shape index (κ1) is 17.5. The molecule has 0 aromatic carbocycles. The number of aromatic nitrogens is 1. The zero-order valence-electron chi connectivity index (χ0n) is 15.4. The van der Waals surface area contributed by atoms with Crippen LogP contribution in [0.1, 0.15) is 48.3 Å². The number of rotatable bonds is 5. The van der Waals surface area contributed by atoms with E-state index in [1.54, 1.807) is 13.2 Å². The van der Waals surface area contributed by atoms with Gasteiger partial charge in [-0.05, 0) is 50.2 Å². The summed E-state index contributed by atoms with van der Waals surface area (Å²) in [6.07, 6.45) is 5.22. The number of ether oxygens (including phenoxy) is 1. The second-order valence-corrected chi connectivity index (χ2v) is 8.00. The first-order chi connectivity index (χ1) is 12.6. The zero-order valence-corrected chi connectivity index (χ0v) is 15.4. The Kier molecular flexibility index (Phi) is 4.69. The highest BCUT2D eigenvalue weighted by Crippen LogP contribution is 2.42. The van der Waals surface area contributed by atoms with Gasteiger partial charge in [0.25, 0.3) is 5.91 Å². The summed E-state index contributed by atoms with van der Waals surface area (Å²) in [4.78, 5) is 34.3. The van der Waals surface area contributed by atoms with Gasteiger partial charge in [-0.15, -0.1) is 0 Å². The van der Waals surface area contributed by atoms with Crippen LogP contribution in [0.15, 0.2) is 18.2 Å². The molecule has 3 aliphatic rings. The Morgan fingerprint density at radius 3 is 2.92 bits per heavy atom. The van der Waals surface area contributed by atoms with E-state index in [0.717, 1.165) is 38.0 Å². The standard InChI is InChI=1S/C20H27N3O3/c1-26-13-16-4-2-5-17(21-16)18(24)23-11-9-20(14-23)8-3-10-22(19(20)25)12-15-6-7-15/h2,4-5,15H,3,6-14H2,1H3/t20-/m1/s1. The van der Waals surface area contributed by atoms with Crippen LogP contribution in [0.3, 0.4) is 0 Å². The number of pyridine rings is 1. The Balaban J connectivity index is 1.46. The third-order valence-electron chi connectivity index (χ3n) is 5.96. The fourth-order valence-electron chi connectivity index (χ4n) is 4.35. The lowest BCUT2D eigenvalue weighted by Gasteiger charge is -2.39. The lowest BCUT2D eigenvalue weighted by atomic mass is 9.78. The van der Waals surface area contributed by atoms with Gasteiger partial charge in [-0.1, -0.05) is 6.07 Å². The van der Waals surface area contributed by atoms with E-state index < -0.39 is 0 Å². The van der Waals surface area contributed by atoms with Gasteiger partial charge in [0.2, 0.25) is 5.91 Å². The molecule has 1 saturated carbocycles. The summed E-state index contributed by atoms with van der Waals surface area (Å²) in [6, 6.07) is 5.43. The Hall–Kier alpha value is -1.95. The van der Waals surface area contributed by atoms with Gasteiger partial charge in [-0.2, -0.15) is 0 Å². The number of carbonyl (C=O) groups is 2. The van der Waals surface area contributed by atoms with E-state index in [2.05, 4.69) is 9.88 Å². The average Bonchev–Trinajstić information content (AvgIpc) is 3.37. The maximum Gasteiger partial charge on any atom is 0.272 e. The van der Waals surface area contributed by atoms with E-state index >= 15 is 0 Å². The van der Waals surface area contributed by atoms with Crippen LogP contribution in [0.2, 0.25) is 0 Å². The van der Waals surface area contributed by atoms with Gasteiger partial charge in [0.1, 0.15) is 5.69 Å². The highest BCUT2D eigenvalue weighted by Gasteiger charge is 2.50. The molecule has 1 aromatic rings. The van der Waals surface area contributed by atoms with Crippen molar-refractivity contribution < 1.29 is 14.3 Å². The van der Waals surface area contributed by atoms with Crippen molar-refractivity contribution in [1.29, 1.82) is 0 Å². The molecule has 1 aliphatic carbocycles. The van der Waals surface area contributed by atoms with E-state index in [4.69, 9.17) is 4.74 Å². The van der Waals surface area contributed by atoms with E-state index in [-0.39, 0.29) is 17.2 Å². The fourth-order valence-corrected chi connectivity index (χ4v) is 4.35. The SMILES string of the molecule is COCc1cccc(C(=O)N2CC[C@]3(CCCN(CC4CC4)C3=O)C2)n1. The fraction of sp³-hybridized carbons (Fsp3) is 0.650. The Labute approximate surface area is 154 Å². The number of amides is 2. The second kappa shape index (κ2) is 6.99. The number of piperidine rings is 1. The summed E-state index contributed by atoms with van der Waals surface area (Å²) >= 11 is 0. The monoisotopic (exact) mass is 357 g/mol. The molecule has 26 heavy (non-hydrogen) atoms. The van der Waals surface area contributed by atoms with Crippen LogP contribution in [0.25, 0.3) is 0 Å². The van der Waals surface area contributed by atoms with Gasteiger partial charge in [-0.3, -0.25) is 9.59 Å². The zero-order chi connectivity index (χ0) is 18.1. The van der Waals surface area contributed by atoms with Crippen molar-refractivity contribution in [3.05, 3.63) is 29.6 Å². The van der Waals surface area contributed by atoms with Crippen LogP contribution >= 0.6 is 0 Å². The first-order valence-electron chi connectivity index (χ1n) is 9.65. The quantitative estimate of drug-likeness (QED) is 0.810. The van der Waals surface area contributed by atoms with Crippen molar-refractivity contribution >= 4 is 11.8 Å². The van der Waals surface area contributed by atoms with Gasteiger partial charge in [-0.25, -0.2) is 4.98 Å². The summed E-state index contributed by atoms with van der Waals surface area (Å²) in [6.45, 7) is 3.35. The molecule has 0 radical (unpaired) electrons. The van der Waals surface area contributed by atoms with Gasteiger partial charge in [0.05, 0.1) is 17.7 Å². The van der Waals surface area contributed by atoms with E-state index in [9.17, 15) is 9.59 Å². The van der Waals surface area contributed by atoms with E-state index in [0.29, 0.717) is 31.3 Å². The summed E-state index contributed by atoms with van der Waals surface area (Å²) in [5, 5.41) is 0. The molecule has 140 valence electrons. The average molecular weight is 357 g/mol. The van der Waals surface area contributed by atoms with E-state index in [1.807, 2.05) is 17.0 Å². The largest absolute Gasteiger partial charge is 0.378 e. The number of likely N-dealkylation sites (tertiary alicyclic amines) is 2. The van der Waals surface area contributed by atoms with Crippen molar-refractivity contribution in [1.82, 2.24) is 14.8 Å². The predicted octanol–water partition coefficient (Wildman–Crippen LogP) is 2.09. The molecular formula is C20H27N3O3. The van der Waals surface area contributed by atoms with Crippen molar-refractivity contribution in [3.63, 3.8) is 0 Å². The molecular weight excluding hydrogens is 330 g/mol. The van der Waals surface area contributed by atoms with Crippen LogP contribution in [0.5, 0.6) is 0 Å². The van der Waals surface area contributed by atoms with Crippen LogP contribution in [-0.4, -0.2) is 59.9 Å². The molecule has 6 heteroatoms. The third-order valence-corrected chi connectivity index (χ3v) is 5.96. The van der Waals surface area contributed by atoms with Crippen molar-refractivity contribution in [2.75, 3.05) is 33.3 Å². The second-order valence-electron chi connectivity index (χ2n) is 8.00. The highest BCUT2D eigenvalue weighted by atomic mass is 16.5. The molecule has 2 amide bonds. The maximum absolute atomic E-state index is 13.1. The molecule has 0 bridgehead atoms. The van der Waals surface area contributed by atoms with Crippen molar-refractivity contribution in [3.8, 4) is 0 Å². The normalized spacial score (nSPS) is 26.0. The topological polar surface area (TPSA) is 62.7 Å². The van der Waals surface area contributed by atoms with Gasteiger partial charge in [0, 0.05) is 33.3 Å². The minimum atomic E-state index is -0.368. The number of hydrogen-bond donors (Lipinski definition) is 0. The molecule has 1 aromatic heterocycles. The number of hydrogen-bond acceptors (Lipinski definition) is 4. The molecule has 1 atom stereocenters. The Bertz CT molecular complexity index is 703. The number of methoxy groups -OCH3 is 1. The summed E-state index contributed by atoms with van der Waals surface area (Å²) in [5.41, 5.74) is 0.818. The molecule has 0 unspecified atom stereocenters. The van der Waals surface area contributed by atoms with Gasteiger partial charge in [0.15, 0.2) is 0 Å². The smallest absolute Gasteiger partial charge is 0.272 e. The molecule has 1 spiro atoms. The van der Waals surface area contributed by atoms with Gasteiger partial charge >= 0.3 is 0 Å². The molecule has 2 aliphatic heterocycles. The number of carbonyl (C=O) groups excluding carboxylic acids is 2. The molecule has 2 saturated heterocycles. The Morgan fingerprint density at radius 2 is 2.15 bits per heavy atom. The maximum atomic E-state index is 13.1. The summed E-state index contributed by atoms with van der Waals surface area (Å²) in [5.74, 6) is 0.903. The van der Waals surface area contributed by atoms with Gasteiger partial charge < -0.3 is 14.5 Å². The van der Waals surface area contributed by atoms with Crippen molar-refractivity contribution in [2.45, 2.75) is 38.7 Å². The molecule has 3 heterocycles. The van der Waals surface area contributed by atoms with Crippen LogP contribution in [0.4, 0.5) is 0 Å². The first-order valence-corrected chi connectivity index (χ1v) is 9.65. The van der Waals surface area contributed by atoms with Crippen LogP contribution < -0.4 is 0 Å². The Morgan fingerprint density at radius 1 is 1.31 bits per heavy atom. The minimum absolute atomic E-state index is 0.0769. The van der Waals surface area contributed by atoms with Crippen LogP contribution in [0, 0.1) is 11.3 Å². The summed E-state index contributed by atoms with van der Waals surface area (Å²) in [7, 11) is 1.61. The molecule has 6 nitrogen and oxygen atoms in total. The van der Waals surface area contributed by atoms with E-state index in [1.165, 1.54) is 12.8 Å². The lowest BCUT2D eigenvalue weighted by Crippen LogP contribution is -2.51. The van der Waals surface area contributed by atoms with Crippen LogP contribution in [-0.2, 0) is 16.1 Å². The summed E-state index contributed by atoms with van der Waals surface area (Å²) < 4.78 is 5.10. The highest BCUT2D eigenvalue weighted by molar-refractivity contribution is 5.94.